The van der Waals surface area contributed by atoms with Gasteiger partial charge in [-0.2, -0.15) is 10.4 Å². The summed E-state index contributed by atoms with van der Waals surface area (Å²) in [7, 11) is 0. The van der Waals surface area contributed by atoms with Gasteiger partial charge in [0.1, 0.15) is 6.07 Å². The van der Waals surface area contributed by atoms with Gasteiger partial charge in [-0.15, -0.1) is 0 Å². The lowest BCUT2D eigenvalue weighted by Gasteiger charge is -2.33. The highest BCUT2D eigenvalue weighted by Crippen LogP contribution is 2.25. The topological polar surface area (TPSA) is 57.2 Å². The molecule has 1 fully saturated rings. The molecule has 3 rings (SSSR count). The largest absolute Gasteiger partial charge is 0.370 e. The highest BCUT2D eigenvalue weighted by Gasteiger charge is 2.19. The van der Waals surface area contributed by atoms with Gasteiger partial charge in [0.25, 0.3) is 0 Å². The maximum absolute atomic E-state index is 9.37. The lowest BCUT2D eigenvalue weighted by Crippen LogP contribution is -2.37. The van der Waals surface area contributed by atoms with E-state index in [4.69, 9.17) is 0 Å². The van der Waals surface area contributed by atoms with Crippen molar-refractivity contribution in [3.63, 3.8) is 0 Å². The molecule has 0 bridgehead atoms. The van der Waals surface area contributed by atoms with E-state index in [-0.39, 0.29) is 0 Å². The second-order valence-corrected chi connectivity index (χ2v) is 5.85. The van der Waals surface area contributed by atoms with Crippen LogP contribution < -0.4 is 4.90 Å². The Balaban J connectivity index is 1.97. The molecule has 0 radical (unpaired) electrons. The average Bonchev–Trinajstić information content (AvgIpc) is 2.86. The fraction of sp³-hybridized carbons (Fsp3) is 0.562. The zero-order chi connectivity index (χ0) is 14.8. The van der Waals surface area contributed by atoms with Crippen LogP contribution in [-0.2, 0) is 0 Å². The number of nitrogens with zero attached hydrogens (tertiary/aromatic N) is 5. The van der Waals surface area contributed by atoms with Crippen LogP contribution in [-0.4, -0.2) is 27.7 Å². The molecule has 1 atom stereocenters. The molecule has 0 saturated carbocycles. The van der Waals surface area contributed by atoms with Crippen molar-refractivity contribution in [2.45, 2.75) is 45.4 Å². The summed E-state index contributed by atoms with van der Waals surface area (Å²) in [5.41, 5.74) is 2.36. The van der Waals surface area contributed by atoms with E-state index in [1.165, 1.54) is 19.3 Å². The number of aromatic nitrogens is 3. The lowest BCUT2D eigenvalue weighted by atomic mass is 10.0. The first-order valence-corrected chi connectivity index (χ1v) is 7.78. The van der Waals surface area contributed by atoms with Crippen molar-refractivity contribution < 1.29 is 0 Å². The molecular weight excluding hydrogens is 262 g/mol. The summed E-state index contributed by atoms with van der Waals surface area (Å²) < 4.78 is 1.78. The SMILES string of the molecule is CCCCC(C)c1nc2c(C#N)cc(N3CCC3)cn2n1. The molecule has 0 spiro atoms. The quantitative estimate of drug-likeness (QED) is 0.846. The molecule has 0 N–H and O–H groups in total. The van der Waals surface area contributed by atoms with Gasteiger partial charge in [0.2, 0.25) is 0 Å². The van der Waals surface area contributed by atoms with Gasteiger partial charge >= 0.3 is 0 Å². The Morgan fingerprint density at radius 3 is 2.86 bits per heavy atom. The average molecular weight is 283 g/mol. The third-order valence-corrected chi connectivity index (χ3v) is 4.21. The fourth-order valence-electron chi connectivity index (χ4n) is 2.67. The highest BCUT2D eigenvalue weighted by atomic mass is 15.3. The first kappa shape index (κ1) is 13.9. The van der Waals surface area contributed by atoms with Crippen LogP contribution in [0.25, 0.3) is 5.65 Å². The predicted molar refractivity (Wildman–Crippen MR) is 82.5 cm³/mol. The second kappa shape index (κ2) is 5.72. The molecule has 2 aromatic heterocycles. The van der Waals surface area contributed by atoms with Gasteiger partial charge in [0.15, 0.2) is 11.5 Å². The summed E-state index contributed by atoms with van der Waals surface area (Å²) in [6.45, 7) is 6.47. The predicted octanol–water partition coefficient (Wildman–Crippen LogP) is 3.10. The molecule has 2 aromatic rings. The number of rotatable bonds is 5. The van der Waals surface area contributed by atoms with Crippen molar-refractivity contribution in [1.29, 1.82) is 5.26 Å². The molecule has 0 amide bonds. The molecule has 0 aliphatic carbocycles. The molecular formula is C16H21N5. The lowest BCUT2D eigenvalue weighted by molar-refractivity contribution is 0.594. The van der Waals surface area contributed by atoms with Crippen molar-refractivity contribution in [2.24, 2.45) is 0 Å². The van der Waals surface area contributed by atoms with Crippen LogP contribution in [0.3, 0.4) is 0 Å². The summed E-state index contributed by atoms with van der Waals surface area (Å²) in [6.07, 6.45) is 6.67. The van der Waals surface area contributed by atoms with Crippen LogP contribution in [0.15, 0.2) is 12.3 Å². The Morgan fingerprint density at radius 2 is 2.24 bits per heavy atom. The van der Waals surface area contributed by atoms with Crippen LogP contribution in [0.1, 0.15) is 56.8 Å². The van der Waals surface area contributed by atoms with Crippen molar-refractivity contribution in [1.82, 2.24) is 14.6 Å². The minimum atomic E-state index is 0.337. The summed E-state index contributed by atoms with van der Waals surface area (Å²) in [4.78, 5) is 6.86. The molecule has 21 heavy (non-hydrogen) atoms. The Hall–Kier alpha value is -2.09. The Morgan fingerprint density at radius 1 is 1.43 bits per heavy atom. The normalized spacial score (nSPS) is 15.8. The summed E-state index contributed by atoms with van der Waals surface area (Å²) in [5, 5.41) is 14.0. The number of nitriles is 1. The third kappa shape index (κ3) is 2.58. The summed E-state index contributed by atoms with van der Waals surface area (Å²) in [6, 6.07) is 4.19. The number of pyridine rings is 1. The minimum absolute atomic E-state index is 0.337. The van der Waals surface area contributed by atoms with Gasteiger partial charge < -0.3 is 4.90 Å². The van der Waals surface area contributed by atoms with Crippen LogP contribution in [0, 0.1) is 11.3 Å². The van der Waals surface area contributed by atoms with Crippen molar-refractivity contribution in [3.8, 4) is 6.07 Å². The van der Waals surface area contributed by atoms with Crippen molar-refractivity contribution in [2.75, 3.05) is 18.0 Å². The van der Waals surface area contributed by atoms with E-state index in [2.05, 4.69) is 34.9 Å². The van der Waals surface area contributed by atoms with E-state index >= 15 is 0 Å². The van der Waals surface area contributed by atoms with Gasteiger partial charge in [-0.05, 0) is 18.9 Å². The number of fused-ring (bicyclic) bond motifs is 1. The van der Waals surface area contributed by atoms with Gasteiger partial charge in [-0.1, -0.05) is 26.7 Å². The third-order valence-electron chi connectivity index (χ3n) is 4.21. The van der Waals surface area contributed by atoms with E-state index in [9.17, 15) is 5.26 Å². The molecule has 5 heteroatoms. The molecule has 1 aliphatic rings. The van der Waals surface area contributed by atoms with E-state index in [0.717, 1.165) is 31.0 Å². The number of hydrogen-bond donors (Lipinski definition) is 0. The maximum atomic E-state index is 9.37. The zero-order valence-electron chi connectivity index (χ0n) is 12.7. The van der Waals surface area contributed by atoms with Gasteiger partial charge in [0, 0.05) is 19.0 Å². The van der Waals surface area contributed by atoms with Crippen molar-refractivity contribution in [3.05, 3.63) is 23.7 Å². The Labute approximate surface area is 125 Å². The first-order chi connectivity index (χ1) is 10.2. The zero-order valence-corrected chi connectivity index (χ0v) is 12.7. The van der Waals surface area contributed by atoms with Crippen LogP contribution in [0.5, 0.6) is 0 Å². The van der Waals surface area contributed by atoms with E-state index < -0.39 is 0 Å². The molecule has 110 valence electrons. The molecule has 5 nitrogen and oxygen atoms in total. The highest BCUT2D eigenvalue weighted by molar-refractivity contribution is 5.62. The van der Waals surface area contributed by atoms with E-state index in [1.807, 2.05) is 12.3 Å². The first-order valence-electron chi connectivity index (χ1n) is 7.78. The summed E-state index contributed by atoms with van der Waals surface area (Å²) in [5.74, 6) is 1.18. The molecule has 1 unspecified atom stereocenters. The van der Waals surface area contributed by atoms with Gasteiger partial charge in [0.05, 0.1) is 17.4 Å². The van der Waals surface area contributed by atoms with E-state index in [1.54, 1.807) is 4.52 Å². The van der Waals surface area contributed by atoms with Crippen LogP contribution in [0.2, 0.25) is 0 Å². The standard InChI is InChI=1S/C16H21N5/c1-3-4-6-12(2)15-18-16-13(10-17)9-14(11-21(16)19-15)20-7-5-8-20/h9,11-12H,3-8H2,1-2H3. The molecule has 1 aliphatic heterocycles. The van der Waals surface area contributed by atoms with Crippen LogP contribution in [0.4, 0.5) is 5.69 Å². The number of unbranched alkanes of at least 4 members (excludes halogenated alkanes) is 1. The Kier molecular flexibility index (Phi) is 3.78. The molecule has 0 aromatic carbocycles. The minimum Gasteiger partial charge on any atom is -0.370 e. The second-order valence-electron chi connectivity index (χ2n) is 5.85. The maximum Gasteiger partial charge on any atom is 0.173 e. The smallest absolute Gasteiger partial charge is 0.173 e. The molecule has 1 saturated heterocycles. The van der Waals surface area contributed by atoms with E-state index in [0.29, 0.717) is 17.1 Å². The monoisotopic (exact) mass is 283 g/mol. The molecule has 3 heterocycles. The van der Waals surface area contributed by atoms with Crippen LogP contribution >= 0.6 is 0 Å². The summed E-state index contributed by atoms with van der Waals surface area (Å²) >= 11 is 0. The Bertz CT molecular complexity index is 678. The van der Waals surface area contributed by atoms with Gasteiger partial charge in [-0.3, -0.25) is 0 Å². The fourth-order valence-corrected chi connectivity index (χ4v) is 2.67. The number of hydrogen-bond acceptors (Lipinski definition) is 4. The van der Waals surface area contributed by atoms with Crippen molar-refractivity contribution >= 4 is 11.3 Å². The number of anilines is 1. The van der Waals surface area contributed by atoms with Gasteiger partial charge in [-0.25, -0.2) is 9.50 Å².